The third-order valence-corrected chi connectivity index (χ3v) is 3.03. The van der Waals surface area contributed by atoms with Crippen molar-refractivity contribution in [3.8, 4) is 0 Å². The van der Waals surface area contributed by atoms with Gasteiger partial charge in [0.05, 0.1) is 13.2 Å². The second-order valence-electron chi connectivity index (χ2n) is 4.66. The molecule has 1 aliphatic rings. The highest BCUT2D eigenvalue weighted by Gasteiger charge is 2.15. The number of aliphatic hydroxyl groups is 1. The fraction of sp³-hybridized carbons (Fsp3) is 1.00. The smallest absolute Gasteiger partial charge is 0.0697 e. The summed E-state index contributed by atoms with van der Waals surface area (Å²) in [6, 6.07) is 0. The molecule has 1 fully saturated rings. The third kappa shape index (κ3) is 6.43. The van der Waals surface area contributed by atoms with Gasteiger partial charge in [0.1, 0.15) is 0 Å². The van der Waals surface area contributed by atoms with E-state index in [-0.39, 0.29) is 6.61 Å². The van der Waals surface area contributed by atoms with Crippen LogP contribution in [0.15, 0.2) is 0 Å². The molecule has 1 unspecified atom stereocenters. The van der Waals surface area contributed by atoms with E-state index in [1.165, 1.54) is 25.9 Å². The molecule has 0 amide bonds. The Morgan fingerprint density at radius 2 is 2.31 bits per heavy atom. The van der Waals surface area contributed by atoms with Crippen LogP contribution in [-0.4, -0.2) is 63.1 Å². The number of piperidine rings is 1. The van der Waals surface area contributed by atoms with Crippen molar-refractivity contribution in [2.75, 3.05) is 53.0 Å². The number of ether oxygens (including phenoxy) is 1. The standard InChI is InChI=1S/C12H26N2O2/c1-14-6-2-4-12(11-14)10-13-5-3-8-16-9-7-15/h12-13,15H,2-11H2,1H3. The number of hydrogen-bond donors (Lipinski definition) is 2. The topological polar surface area (TPSA) is 44.7 Å². The van der Waals surface area contributed by atoms with Crippen molar-refractivity contribution in [2.24, 2.45) is 5.92 Å². The van der Waals surface area contributed by atoms with Gasteiger partial charge in [0, 0.05) is 13.2 Å². The lowest BCUT2D eigenvalue weighted by Gasteiger charge is -2.29. The summed E-state index contributed by atoms with van der Waals surface area (Å²) in [7, 11) is 2.20. The van der Waals surface area contributed by atoms with Crippen molar-refractivity contribution < 1.29 is 9.84 Å². The molecule has 0 saturated carbocycles. The number of hydrogen-bond acceptors (Lipinski definition) is 4. The van der Waals surface area contributed by atoms with Crippen molar-refractivity contribution in [1.29, 1.82) is 0 Å². The van der Waals surface area contributed by atoms with E-state index in [0.29, 0.717) is 6.61 Å². The maximum Gasteiger partial charge on any atom is 0.0697 e. The van der Waals surface area contributed by atoms with Gasteiger partial charge in [-0.25, -0.2) is 0 Å². The maximum atomic E-state index is 8.52. The van der Waals surface area contributed by atoms with Crippen LogP contribution in [0.1, 0.15) is 19.3 Å². The van der Waals surface area contributed by atoms with Crippen molar-refractivity contribution in [3.05, 3.63) is 0 Å². The molecular weight excluding hydrogens is 204 g/mol. The molecule has 0 spiro atoms. The van der Waals surface area contributed by atoms with E-state index in [2.05, 4.69) is 17.3 Å². The molecule has 96 valence electrons. The lowest BCUT2D eigenvalue weighted by Crippen LogP contribution is -2.37. The lowest BCUT2D eigenvalue weighted by molar-refractivity contribution is 0.0904. The summed E-state index contributed by atoms with van der Waals surface area (Å²) in [6.45, 7) is 5.98. The predicted molar refractivity (Wildman–Crippen MR) is 65.6 cm³/mol. The largest absolute Gasteiger partial charge is 0.394 e. The average molecular weight is 230 g/mol. The highest BCUT2D eigenvalue weighted by atomic mass is 16.5. The fourth-order valence-electron chi connectivity index (χ4n) is 2.21. The molecule has 2 N–H and O–H groups in total. The second-order valence-corrected chi connectivity index (χ2v) is 4.66. The van der Waals surface area contributed by atoms with Crippen LogP contribution in [0.4, 0.5) is 0 Å². The van der Waals surface area contributed by atoms with E-state index in [4.69, 9.17) is 9.84 Å². The monoisotopic (exact) mass is 230 g/mol. The molecule has 1 aliphatic heterocycles. The minimum Gasteiger partial charge on any atom is -0.394 e. The molecule has 4 nitrogen and oxygen atoms in total. The van der Waals surface area contributed by atoms with Crippen molar-refractivity contribution >= 4 is 0 Å². The summed E-state index contributed by atoms with van der Waals surface area (Å²) in [5.74, 6) is 0.817. The highest BCUT2D eigenvalue weighted by Crippen LogP contribution is 2.13. The van der Waals surface area contributed by atoms with Crippen molar-refractivity contribution in [1.82, 2.24) is 10.2 Å². The van der Waals surface area contributed by atoms with Crippen LogP contribution in [0.2, 0.25) is 0 Å². The molecule has 0 radical (unpaired) electrons. The Morgan fingerprint density at radius 3 is 3.06 bits per heavy atom. The predicted octanol–water partition coefficient (Wildman–Crippen LogP) is 0.317. The molecule has 1 atom stereocenters. The van der Waals surface area contributed by atoms with E-state index in [9.17, 15) is 0 Å². The Kier molecular flexibility index (Phi) is 7.76. The Hall–Kier alpha value is -0.160. The van der Waals surface area contributed by atoms with Crippen molar-refractivity contribution in [3.63, 3.8) is 0 Å². The Bertz CT molecular complexity index is 167. The van der Waals surface area contributed by atoms with Crippen LogP contribution in [0.3, 0.4) is 0 Å². The zero-order valence-electron chi connectivity index (χ0n) is 10.5. The second kappa shape index (κ2) is 8.93. The molecule has 0 aromatic carbocycles. The Labute approximate surface area is 99.0 Å². The average Bonchev–Trinajstić information content (AvgIpc) is 2.28. The number of nitrogens with zero attached hydrogens (tertiary/aromatic N) is 1. The summed E-state index contributed by atoms with van der Waals surface area (Å²) in [4.78, 5) is 2.42. The fourth-order valence-corrected chi connectivity index (χ4v) is 2.21. The zero-order valence-corrected chi connectivity index (χ0v) is 10.5. The first-order chi connectivity index (χ1) is 7.83. The third-order valence-electron chi connectivity index (χ3n) is 3.03. The van der Waals surface area contributed by atoms with Crippen LogP contribution >= 0.6 is 0 Å². The molecule has 0 bridgehead atoms. The van der Waals surface area contributed by atoms with Gasteiger partial charge in [0.15, 0.2) is 0 Å². The number of aliphatic hydroxyl groups excluding tert-OH is 1. The van der Waals surface area contributed by atoms with E-state index < -0.39 is 0 Å². The minimum absolute atomic E-state index is 0.127. The Morgan fingerprint density at radius 1 is 1.44 bits per heavy atom. The summed E-state index contributed by atoms with van der Waals surface area (Å²) in [5.41, 5.74) is 0. The van der Waals surface area contributed by atoms with Gasteiger partial charge in [-0.05, 0) is 51.9 Å². The lowest BCUT2D eigenvalue weighted by atomic mass is 9.98. The van der Waals surface area contributed by atoms with E-state index in [0.717, 1.165) is 32.0 Å². The molecule has 0 aromatic heterocycles. The van der Waals surface area contributed by atoms with Crippen molar-refractivity contribution in [2.45, 2.75) is 19.3 Å². The van der Waals surface area contributed by atoms with E-state index >= 15 is 0 Å². The summed E-state index contributed by atoms with van der Waals surface area (Å²) in [6.07, 6.45) is 3.73. The zero-order chi connectivity index (χ0) is 11.6. The van der Waals surface area contributed by atoms with Gasteiger partial charge in [0.2, 0.25) is 0 Å². The van der Waals surface area contributed by atoms with Crippen LogP contribution in [-0.2, 0) is 4.74 Å². The molecule has 1 heterocycles. The summed E-state index contributed by atoms with van der Waals surface area (Å²) >= 11 is 0. The molecule has 0 aromatic rings. The van der Waals surface area contributed by atoms with Gasteiger partial charge in [-0.3, -0.25) is 0 Å². The molecule has 1 rings (SSSR count). The maximum absolute atomic E-state index is 8.52. The highest BCUT2D eigenvalue weighted by molar-refractivity contribution is 4.72. The molecule has 4 heteroatoms. The summed E-state index contributed by atoms with van der Waals surface area (Å²) < 4.78 is 5.19. The van der Waals surface area contributed by atoms with Gasteiger partial charge in [-0.15, -0.1) is 0 Å². The van der Waals surface area contributed by atoms with E-state index in [1.807, 2.05) is 0 Å². The van der Waals surface area contributed by atoms with Gasteiger partial charge in [0.25, 0.3) is 0 Å². The van der Waals surface area contributed by atoms with Gasteiger partial charge >= 0.3 is 0 Å². The quantitative estimate of drug-likeness (QED) is 0.589. The number of likely N-dealkylation sites (tertiary alicyclic amines) is 1. The van der Waals surface area contributed by atoms with Gasteiger partial charge in [-0.2, -0.15) is 0 Å². The van der Waals surface area contributed by atoms with E-state index in [1.54, 1.807) is 0 Å². The molecule has 1 saturated heterocycles. The number of rotatable bonds is 8. The number of nitrogens with one attached hydrogen (secondary N) is 1. The van der Waals surface area contributed by atoms with Crippen LogP contribution in [0.5, 0.6) is 0 Å². The summed E-state index contributed by atoms with van der Waals surface area (Å²) in [5, 5.41) is 12.0. The minimum atomic E-state index is 0.127. The first-order valence-corrected chi connectivity index (χ1v) is 6.41. The van der Waals surface area contributed by atoms with Crippen LogP contribution in [0, 0.1) is 5.92 Å². The van der Waals surface area contributed by atoms with Gasteiger partial charge < -0.3 is 20.1 Å². The SMILES string of the molecule is CN1CCCC(CNCCCOCCO)C1. The normalized spacial score (nSPS) is 22.5. The molecule has 0 aliphatic carbocycles. The molecule has 16 heavy (non-hydrogen) atoms. The van der Waals surface area contributed by atoms with Crippen LogP contribution < -0.4 is 5.32 Å². The molecular formula is C12H26N2O2. The first-order valence-electron chi connectivity index (χ1n) is 6.41. The van der Waals surface area contributed by atoms with Crippen LogP contribution in [0.25, 0.3) is 0 Å². The Balaban J connectivity index is 1.86. The van der Waals surface area contributed by atoms with Gasteiger partial charge in [-0.1, -0.05) is 0 Å². The first kappa shape index (κ1) is 13.9.